The molecular weight excluding hydrogens is 350 g/mol. The molecule has 1 aliphatic heterocycles. The van der Waals surface area contributed by atoms with E-state index in [9.17, 15) is 22.4 Å². The van der Waals surface area contributed by atoms with Gasteiger partial charge < -0.3 is 4.90 Å². The third kappa shape index (κ3) is 3.73. The molecule has 8 heteroatoms. The maximum absolute atomic E-state index is 14.0. The predicted octanol–water partition coefficient (Wildman–Crippen LogP) is 4.44. The van der Waals surface area contributed by atoms with Crippen LogP contribution in [0.3, 0.4) is 0 Å². The van der Waals surface area contributed by atoms with Gasteiger partial charge in [0.05, 0.1) is 11.8 Å². The van der Waals surface area contributed by atoms with E-state index in [4.69, 9.17) is 0 Å². The number of halogens is 4. The number of amides is 1. The van der Waals surface area contributed by atoms with E-state index in [0.29, 0.717) is 17.8 Å². The topological polar surface area (TPSA) is 38.1 Å². The van der Waals surface area contributed by atoms with Gasteiger partial charge in [-0.15, -0.1) is 0 Å². The fraction of sp³-hybridized carbons (Fsp3) is 0.444. The fourth-order valence-corrected chi connectivity index (χ4v) is 3.20. The Balaban J connectivity index is 2.02. The molecule has 1 aromatic carbocycles. The molecule has 1 aromatic heterocycles. The number of hydrogen-bond donors (Lipinski definition) is 0. The number of benzene rings is 1. The Morgan fingerprint density at radius 3 is 2.23 bits per heavy atom. The summed E-state index contributed by atoms with van der Waals surface area (Å²) in [5.41, 5.74) is -2.12. The van der Waals surface area contributed by atoms with E-state index in [-0.39, 0.29) is 5.69 Å². The molecule has 1 fully saturated rings. The monoisotopic (exact) mass is 369 g/mol. The van der Waals surface area contributed by atoms with Crippen molar-refractivity contribution in [2.75, 3.05) is 13.1 Å². The second kappa shape index (κ2) is 7.47. The third-order valence-electron chi connectivity index (χ3n) is 4.49. The molecule has 0 aliphatic carbocycles. The molecule has 0 spiro atoms. The van der Waals surface area contributed by atoms with Crippen LogP contribution in [-0.4, -0.2) is 33.7 Å². The molecule has 1 amide bonds. The molecule has 1 saturated heterocycles. The summed E-state index contributed by atoms with van der Waals surface area (Å²) in [5, 5.41) is 3.68. The molecule has 0 unspecified atom stereocenters. The second-order valence-corrected chi connectivity index (χ2v) is 6.33. The standard InChI is InChI=1S/C18H19F4N3O/c19-14-8-4-5-9-15(14)25-16(18(20,21)22)13(12-23-25)17(26)24-10-6-2-1-3-7-11-24/h4-5,8-9,12H,1-3,6-7,10-11H2. The summed E-state index contributed by atoms with van der Waals surface area (Å²) in [6.45, 7) is 0.835. The van der Waals surface area contributed by atoms with Gasteiger partial charge in [0.15, 0.2) is 5.69 Å². The highest BCUT2D eigenvalue weighted by Crippen LogP contribution is 2.34. The molecule has 0 N–H and O–H groups in total. The first-order valence-electron chi connectivity index (χ1n) is 8.59. The van der Waals surface area contributed by atoms with Crippen molar-refractivity contribution in [2.45, 2.75) is 38.3 Å². The van der Waals surface area contributed by atoms with Crippen LogP contribution in [-0.2, 0) is 6.18 Å². The van der Waals surface area contributed by atoms with Crippen molar-refractivity contribution in [1.29, 1.82) is 0 Å². The highest BCUT2D eigenvalue weighted by atomic mass is 19.4. The zero-order valence-electron chi connectivity index (χ0n) is 14.1. The van der Waals surface area contributed by atoms with Gasteiger partial charge in [-0.2, -0.15) is 18.3 Å². The van der Waals surface area contributed by atoms with Crippen LogP contribution in [0.4, 0.5) is 17.6 Å². The summed E-state index contributed by atoms with van der Waals surface area (Å²) in [7, 11) is 0. The van der Waals surface area contributed by atoms with E-state index < -0.39 is 29.2 Å². The van der Waals surface area contributed by atoms with Crippen LogP contribution in [0.1, 0.15) is 48.2 Å². The minimum absolute atomic E-state index is 0.341. The van der Waals surface area contributed by atoms with Crippen LogP contribution in [0, 0.1) is 5.82 Å². The minimum Gasteiger partial charge on any atom is -0.339 e. The van der Waals surface area contributed by atoms with Crippen molar-refractivity contribution in [3.05, 3.63) is 47.5 Å². The highest BCUT2D eigenvalue weighted by molar-refractivity contribution is 5.95. The van der Waals surface area contributed by atoms with Crippen molar-refractivity contribution in [3.8, 4) is 5.69 Å². The van der Waals surface area contributed by atoms with Gasteiger partial charge in [0.25, 0.3) is 5.91 Å². The van der Waals surface area contributed by atoms with Gasteiger partial charge in [-0.3, -0.25) is 4.79 Å². The normalized spacial score (nSPS) is 16.2. The van der Waals surface area contributed by atoms with Crippen LogP contribution in [0.25, 0.3) is 5.69 Å². The molecule has 0 radical (unpaired) electrons. The Kier molecular flexibility index (Phi) is 5.29. The number of rotatable bonds is 2. The van der Waals surface area contributed by atoms with Crippen LogP contribution in [0.2, 0.25) is 0 Å². The van der Waals surface area contributed by atoms with E-state index in [1.807, 2.05) is 0 Å². The Hall–Kier alpha value is -2.38. The van der Waals surface area contributed by atoms with Crippen molar-refractivity contribution >= 4 is 5.91 Å². The summed E-state index contributed by atoms with van der Waals surface area (Å²) < 4.78 is 55.5. The van der Waals surface area contributed by atoms with E-state index >= 15 is 0 Å². The van der Waals surface area contributed by atoms with Gasteiger partial charge in [0, 0.05) is 13.1 Å². The van der Waals surface area contributed by atoms with Gasteiger partial charge in [-0.05, 0) is 25.0 Å². The number of carbonyl (C=O) groups is 1. The summed E-state index contributed by atoms with van der Waals surface area (Å²) >= 11 is 0. The van der Waals surface area contributed by atoms with Crippen LogP contribution in [0.5, 0.6) is 0 Å². The molecule has 0 bridgehead atoms. The average molecular weight is 369 g/mol. The van der Waals surface area contributed by atoms with Crippen molar-refractivity contribution in [2.24, 2.45) is 0 Å². The van der Waals surface area contributed by atoms with Crippen molar-refractivity contribution in [3.63, 3.8) is 0 Å². The Morgan fingerprint density at radius 1 is 1.00 bits per heavy atom. The minimum atomic E-state index is -4.84. The lowest BCUT2D eigenvalue weighted by Gasteiger charge is -2.25. The molecule has 0 atom stereocenters. The van der Waals surface area contributed by atoms with E-state index in [1.54, 1.807) is 0 Å². The third-order valence-corrected chi connectivity index (χ3v) is 4.49. The summed E-state index contributed by atoms with van der Waals surface area (Å²) in [6, 6.07) is 5.04. The lowest BCUT2D eigenvalue weighted by Crippen LogP contribution is -2.35. The number of nitrogens with zero attached hydrogens (tertiary/aromatic N) is 3. The first kappa shape index (κ1) is 18.4. The quantitative estimate of drug-likeness (QED) is 0.734. The molecule has 2 heterocycles. The molecule has 3 rings (SSSR count). The molecule has 0 saturated carbocycles. The molecular formula is C18H19F4N3O. The largest absolute Gasteiger partial charge is 0.434 e. The maximum atomic E-state index is 14.0. The fourth-order valence-electron chi connectivity index (χ4n) is 3.20. The average Bonchev–Trinajstić information content (AvgIpc) is 2.99. The van der Waals surface area contributed by atoms with Crippen molar-refractivity contribution in [1.82, 2.24) is 14.7 Å². The first-order valence-corrected chi connectivity index (χ1v) is 8.59. The maximum Gasteiger partial charge on any atom is 0.434 e. The highest BCUT2D eigenvalue weighted by Gasteiger charge is 2.41. The van der Waals surface area contributed by atoms with Gasteiger partial charge in [-0.25, -0.2) is 9.07 Å². The number of para-hydroxylation sites is 1. The molecule has 26 heavy (non-hydrogen) atoms. The van der Waals surface area contributed by atoms with Gasteiger partial charge in [0.1, 0.15) is 11.5 Å². The Morgan fingerprint density at radius 2 is 1.62 bits per heavy atom. The van der Waals surface area contributed by atoms with E-state index in [0.717, 1.165) is 44.4 Å². The summed E-state index contributed by atoms with van der Waals surface area (Å²) in [6.07, 6.45) is 0.530. The number of carbonyl (C=O) groups excluding carboxylic acids is 1. The van der Waals surface area contributed by atoms with Crippen LogP contribution in [0.15, 0.2) is 30.5 Å². The first-order chi connectivity index (χ1) is 12.4. The summed E-state index contributed by atoms with van der Waals surface area (Å²) in [5.74, 6) is -1.55. The lowest BCUT2D eigenvalue weighted by atomic mass is 10.1. The van der Waals surface area contributed by atoms with E-state index in [2.05, 4.69) is 5.10 Å². The number of likely N-dealkylation sites (tertiary alicyclic amines) is 1. The van der Waals surface area contributed by atoms with Crippen molar-refractivity contribution < 1.29 is 22.4 Å². The van der Waals surface area contributed by atoms with Gasteiger partial charge >= 0.3 is 6.18 Å². The number of hydrogen-bond acceptors (Lipinski definition) is 2. The zero-order valence-corrected chi connectivity index (χ0v) is 14.1. The molecule has 1 aliphatic rings. The zero-order chi connectivity index (χ0) is 18.7. The molecule has 2 aromatic rings. The smallest absolute Gasteiger partial charge is 0.339 e. The Labute approximate surface area is 148 Å². The van der Waals surface area contributed by atoms with E-state index in [1.165, 1.54) is 23.1 Å². The molecule has 140 valence electrons. The summed E-state index contributed by atoms with van der Waals surface area (Å²) in [4.78, 5) is 14.2. The van der Waals surface area contributed by atoms with Crippen LogP contribution < -0.4 is 0 Å². The predicted molar refractivity (Wildman–Crippen MR) is 87.5 cm³/mol. The van der Waals surface area contributed by atoms with Gasteiger partial charge in [-0.1, -0.05) is 31.4 Å². The SMILES string of the molecule is O=C(c1cnn(-c2ccccc2F)c1C(F)(F)F)N1CCCCCCC1. The number of aromatic nitrogens is 2. The van der Waals surface area contributed by atoms with Gasteiger partial charge in [0.2, 0.25) is 0 Å². The van der Waals surface area contributed by atoms with Crippen LogP contribution >= 0.6 is 0 Å². The number of alkyl halides is 3. The second-order valence-electron chi connectivity index (χ2n) is 6.33. The lowest BCUT2D eigenvalue weighted by molar-refractivity contribution is -0.143. The molecule has 4 nitrogen and oxygen atoms in total. The Bertz CT molecular complexity index is 777.